The van der Waals surface area contributed by atoms with Crippen LogP contribution in [0.1, 0.15) is 67.1 Å². The van der Waals surface area contributed by atoms with Crippen molar-refractivity contribution in [2.24, 2.45) is 0 Å². The van der Waals surface area contributed by atoms with Gasteiger partial charge in [-0.25, -0.2) is 0 Å². The Hall–Kier alpha value is -3.45. The number of hydrogen-bond acceptors (Lipinski definition) is 4. The standard InChI is InChI=1S/C32H40ClN3O4/c1-4-18-35(32(38)28-17-16-27(39-2)20-30(28)40-3)23-31(37)36(25-12-6-5-7-13-25)22-26-14-10-19-34(26)21-24-11-8-9-15-29(24)33/h8-11,14-17,19-20,25H,4-7,12-13,18,21-23H2,1-3H3. The van der Waals surface area contributed by atoms with Crippen molar-refractivity contribution in [2.75, 3.05) is 27.3 Å². The third-order valence-corrected chi connectivity index (χ3v) is 8.00. The van der Waals surface area contributed by atoms with Gasteiger partial charge in [-0.05, 0) is 55.2 Å². The molecule has 2 aromatic carbocycles. The van der Waals surface area contributed by atoms with E-state index in [1.807, 2.05) is 48.4 Å². The molecule has 1 aliphatic carbocycles. The topological polar surface area (TPSA) is 64.0 Å². The summed E-state index contributed by atoms with van der Waals surface area (Å²) in [5, 5.41) is 0.727. The third-order valence-electron chi connectivity index (χ3n) is 7.64. The van der Waals surface area contributed by atoms with Gasteiger partial charge < -0.3 is 23.8 Å². The largest absolute Gasteiger partial charge is 0.497 e. The van der Waals surface area contributed by atoms with Crippen molar-refractivity contribution in [1.82, 2.24) is 14.4 Å². The molecule has 7 nitrogen and oxygen atoms in total. The predicted molar refractivity (Wildman–Crippen MR) is 158 cm³/mol. The van der Waals surface area contributed by atoms with Gasteiger partial charge in [-0.1, -0.05) is 56.0 Å². The van der Waals surface area contributed by atoms with Gasteiger partial charge >= 0.3 is 0 Å². The van der Waals surface area contributed by atoms with Crippen molar-refractivity contribution in [3.63, 3.8) is 0 Å². The number of benzene rings is 2. The molecule has 1 aliphatic rings. The minimum atomic E-state index is -0.222. The predicted octanol–water partition coefficient (Wildman–Crippen LogP) is 6.42. The van der Waals surface area contributed by atoms with Crippen LogP contribution in [0.2, 0.25) is 5.02 Å². The van der Waals surface area contributed by atoms with E-state index in [-0.39, 0.29) is 24.4 Å². The van der Waals surface area contributed by atoms with Gasteiger partial charge in [-0.2, -0.15) is 0 Å². The number of carbonyl (C=O) groups is 2. The highest BCUT2D eigenvalue weighted by Gasteiger charge is 2.30. The molecule has 40 heavy (non-hydrogen) atoms. The Labute approximate surface area is 242 Å². The summed E-state index contributed by atoms with van der Waals surface area (Å²) in [5.41, 5.74) is 2.50. The van der Waals surface area contributed by atoms with Crippen LogP contribution < -0.4 is 9.47 Å². The molecule has 4 rings (SSSR count). The number of ether oxygens (including phenoxy) is 2. The van der Waals surface area contributed by atoms with Gasteiger partial charge in [-0.3, -0.25) is 9.59 Å². The summed E-state index contributed by atoms with van der Waals surface area (Å²) in [5.74, 6) is 0.779. The van der Waals surface area contributed by atoms with Gasteiger partial charge in [0, 0.05) is 42.1 Å². The normalized spacial score (nSPS) is 13.6. The van der Waals surface area contributed by atoms with E-state index < -0.39 is 0 Å². The zero-order valence-electron chi connectivity index (χ0n) is 23.8. The number of carbonyl (C=O) groups excluding carboxylic acids is 2. The van der Waals surface area contributed by atoms with Crippen molar-refractivity contribution in [3.8, 4) is 11.5 Å². The first-order valence-electron chi connectivity index (χ1n) is 14.1. The Balaban J connectivity index is 1.57. The highest BCUT2D eigenvalue weighted by atomic mass is 35.5. The summed E-state index contributed by atoms with van der Waals surface area (Å²) in [6, 6.07) is 17.2. The molecule has 3 aromatic rings. The van der Waals surface area contributed by atoms with Crippen LogP contribution in [-0.4, -0.2) is 59.5 Å². The summed E-state index contributed by atoms with van der Waals surface area (Å²) in [4.78, 5) is 31.3. The number of rotatable bonds is 12. The molecule has 0 bridgehead atoms. The molecule has 0 spiro atoms. The Morgan fingerprint density at radius 1 is 1.00 bits per heavy atom. The van der Waals surface area contributed by atoms with Gasteiger partial charge in [0.25, 0.3) is 5.91 Å². The van der Waals surface area contributed by atoms with Crippen LogP contribution in [0.5, 0.6) is 11.5 Å². The van der Waals surface area contributed by atoms with Gasteiger partial charge in [0.05, 0.1) is 26.3 Å². The third kappa shape index (κ3) is 7.19. The average Bonchev–Trinajstić information content (AvgIpc) is 3.42. The smallest absolute Gasteiger partial charge is 0.258 e. The molecule has 214 valence electrons. The highest BCUT2D eigenvalue weighted by molar-refractivity contribution is 6.31. The molecule has 0 radical (unpaired) electrons. The van der Waals surface area contributed by atoms with E-state index in [2.05, 4.69) is 10.6 Å². The second kappa shape index (κ2) is 14.3. The Kier molecular flexibility index (Phi) is 10.5. The molecule has 0 saturated heterocycles. The maximum Gasteiger partial charge on any atom is 0.258 e. The van der Waals surface area contributed by atoms with Crippen molar-refractivity contribution in [3.05, 3.63) is 82.6 Å². The maximum atomic E-state index is 14.0. The molecule has 0 aliphatic heterocycles. The lowest BCUT2D eigenvalue weighted by Crippen LogP contribution is -2.47. The number of nitrogens with zero attached hydrogens (tertiary/aromatic N) is 3. The fourth-order valence-corrected chi connectivity index (χ4v) is 5.66. The van der Waals surface area contributed by atoms with Gasteiger partial charge in [0.15, 0.2) is 0 Å². The van der Waals surface area contributed by atoms with E-state index in [0.29, 0.717) is 36.7 Å². The molecule has 1 heterocycles. The summed E-state index contributed by atoms with van der Waals surface area (Å²) in [6.07, 6.45) is 8.13. The number of aromatic nitrogens is 1. The molecule has 1 saturated carbocycles. The fourth-order valence-electron chi connectivity index (χ4n) is 5.47. The lowest BCUT2D eigenvalue weighted by molar-refractivity contribution is -0.135. The van der Waals surface area contributed by atoms with E-state index in [1.54, 1.807) is 30.2 Å². The molecule has 8 heteroatoms. The number of methoxy groups -OCH3 is 2. The Bertz CT molecular complexity index is 1280. The second-order valence-corrected chi connectivity index (χ2v) is 10.7. The van der Waals surface area contributed by atoms with Crippen molar-refractivity contribution in [2.45, 2.75) is 64.6 Å². The molecule has 2 amide bonds. The van der Waals surface area contributed by atoms with Crippen molar-refractivity contribution >= 4 is 23.4 Å². The van der Waals surface area contributed by atoms with Gasteiger partial charge in [0.1, 0.15) is 18.0 Å². The molecule has 1 aromatic heterocycles. The van der Waals surface area contributed by atoms with Crippen LogP contribution in [0.15, 0.2) is 60.8 Å². The van der Waals surface area contributed by atoms with Crippen LogP contribution >= 0.6 is 11.6 Å². The quantitative estimate of drug-likeness (QED) is 0.254. The molecule has 1 fully saturated rings. The van der Waals surface area contributed by atoms with Crippen molar-refractivity contribution < 1.29 is 19.1 Å². The fraction of sp³-hybridized carbons (Fsp3) is 0.438. The summed E-state index contributed by atoms with van der Waals surface area (Å²) in [6.45, 7) is 3.62. The van der Waals surface area contributed by atoms with Crippen LogP contribution in [-0.2, 0) is 17.9 Å². The zero-order valence-corrected chi connectivity index (χ0v) is 24.5. The van der Waals surface area contributed by atoms with Crippen LogP contribution in [0.4, 0.5) is 0 Å². The average molecular weight is 566 g/mol. The second-order valence-electron chi connectivity index (χ2n) is 10.3. The molecule has 0 N–H and O–H groups in total. The highest BCUT2D eigenvalue weighted by Crippen LogP contribution is 2.28. The number of halogens is 1. The van der Waals surface area contributed by atoms with Gasteiger partial charge in [-0.15, -0.1) is 0 Å². The van der Waals surface area contributed by atoms with Crippen LogP contribution in [0.25, 0.3) is 0 Å². The first-order chi connectivity index (χ1) is 19.4. The summed E-state index contributed by atoms with van der Waals surface area (Å²) >= 11 is 6.45. The Morgan fingerprint density at radius 3 is 2.48 bits per heavy atom. The SMILES string of the molecule is CCCN(CC(=O)N(Cc1cccn1Cc1ccccc1Cl)C1CCCCC1)C(=O)c1ccc(OC)cc1OC. The zero-order chi connectivity index (χ0) is 28.5. The molecule has 0 atom stereocenters. The van der Waals surface area contributed by atoms with Crippen LogP contribution in [0, 0.1) is 0 Å². The van der Waals surface area contributed by atoms with E-state index >= 15 is 0 Å². The van der Waals surface area contributed by atoms with Gasteiger partial charge in [0.2, 0.25) is 5.91 Å². The maximum absolute atomic E-state index is 14.0. The van der Waals surface area contributed by atoms with Crippen LogP contribution in [0.3, 0.4) is 0 Å². The van der Waals surface area contributed by atoms with E-state index in [9.17, 15) is 9.59 Å². The minimum absolute atomic E-state index is 0.0174. The summed E-state index contributed by atoms with van der Waals surface area (Å²) < 4.78 is 12.9. The lowest BCUT2D eigenvalue weighted by atomic mass is 9.94. The minimum Gasteiger partial charge on any atom is -0.497 e. The van der Waals surface area contributed by atoms with E-state index in [4.69, 9.17) is 21.1 Å². The number of amides is 2. The molecule has 0 unspecified atom stereocenters. The number of hydrogen-bond donors (Lipinski definition) is 0. The van der Waals surface area contributed by atoms with Crippen molar-refractivity contribution in [1.29, 1.82) is 0 Å². The van der Waals surface area contributed by atoms with E-state index in [1.165, 1.54) is 13.5 Å². The Morgan fingerprint density at radius 2 is 1.77 bits per heavy atom. The monoisotopic (exact) mass is 565 g/mol. The summed E-state index contributed by atoms with van der Waals surface area (Å²) in [7, 11) is 3.10. The molecular formula is C32H40ClN3O4. The van der Waals surface area contributed by atoms with E-state index in [0.717, 1.165) is 48.4 Å². The lowest BCUT2D eigenvalue weighted by Gasteiger charge is -2.36. The first kappa shape index (κ1) is 29.5. The molecular weight excluding hydrogens is 526 g/mol. The first-order valence-corrected chi connectivity index (χ1v) is 14.5.